The van der Waals surface area contributed by atoms with Crippen LogP contribution in [0.1, 0.15) is 0 Å². The van der Waals surface area contributed by atoms with Crippen molar-refractivity contribution in [2.24, 2.45) is 0 Å². The Morgan fingerprint density at radius 3 is 3.07 bits per heavy atom. The average Bonchev–Trinajstić information content (AvgIpc) is 2.77. The minimum absolute atomic E-state index is 0.00472. The van der Waals surface area contributed by atoms with Gasteiger partial charge in [-0.1, -0.05) is 11.8 Å². The number of thioether (sulfide) groups is 1. The van der Waals surface area contributed by atoms with Crippen molar-refractivity contribution in [2.45, 2.75) is 5.16 Å². The number of aromatic amines is 1. The first-order chi connectivity index (χ1) is 7.25. The molecule has 4 N–H and O–H groups in total. The lowest BCUT2D eigenvalue weighted by atomic mass is 10.6. The van der Waals surface area contributed by atoms with Crippen LogP contribution in [0, 0.1) is 0 Å². The number of carbonyl (C=O) groups is 1. The smallest absolute Gasteiger partial charge is 0.317 e. The molecule has 0 unspecified atom stereocenters. The summed E-state index contributed by atoms with van der Waals surface area (Å²) in [6, 6.07) is 0.00472. The van der Waals surface area contributed by atoms with Crippen LogP contribution in [0.5, 0.6) is 0 Å². The number of anilines is 1. The van der Waals surface area contributed by atoms with Gasteiger partial charge in [-0.3, -0.25) is 0 Å². The Labute approximate surface area is 90.8 Å². The molecular weight excluding hydrogens is 216 g/mol. The van der Waals surface area contributed by atoms with Gasteiger partial charge in [-0.05, 0) is 0 Å². The van der Waals surface area contributed by atoms with Gasteiger partial charge in [0.2, 0.25) is 11.1 Å². The lowest BCUT2D eigenvalue weighted by Gasteiger charge is -2.12. The fraction of sp³-hybridized carbons (Fsp3) is 0.571. The molecule has 1 saturated heterocycles. The van der Waals surface area contributed by atoms with Crippen molar-refractivity contribution >= 4 is 23.7 Å². The van der Waals surface area contributed by atoms with Crippen LogP contribution in [-0.2, 0) is 0 Å². The second kappa shape index (κ2) is 4.39. The predicted molar refractivity (Wildman–Crippen MR) is 56.5 cm³/mol. The number of nitrogens with zero attached hydrogens (tertiary/aromatic N) is 3. The maximum Gasteiger partial charge on any atom is 0.317 e. The van der Waals surface area contributed by atoms with E-state index in [1.807, 2.05) is 0 Å². The van der Waals surface area contributed by atoms with Crippen molar-refractivity contribution in [3.05, 3.63) is 0 Å². The molecule has 1 fully saturated rings. The lowest BCUT2D eigenvalue weighted by molar-refractivity contribution is 0.220. The minimum atomic E-state index is 0.00472. The first kappa shape index (κ1) is 10.1. The van der Waals surface area contributed by atoms with Crippen LogP contribution in [0.4, 0.5) is 10.7 Å². The number of carbonyl (C=O) groups excluding carboxylic acids is 1. The van der Waals surface area contributed by atoms with Crippen LogP contribution in [0.25, 0.3) is 0 Å². The van der Waals surface area contributed by atoms with E-state index in [0.29, 0.717) is 17.6 Å². The van der Waals surface area contributed by atoms with Gasteiger partial charge in [-0.25, -0.2) is 9.89 Å². The van der Waals surface area contributed by atoms with Gasteiger partial charge in [0.15, 0.2) is 0 Å². The summed E-state index contributed by atoms with van der Waals surface area (Å²) in [5.41, 5.74) is 5.38. The molecule has 0 atom stereocenters. The van der Waals surface area contributed by atoms with E-state index in [0.717, 1.165) is 18.8 Å². The monoisotopic (exact) mass is 228 g/mol. The molecule has 8 heteroatoms. The molecule has 1 aliphatic rings. The van der Waals surface area contributed by atoms with E-state index in [-0.39, 0.29) is 6.03 Å². The first-order valence-corrected chi connectivity index (χ1v) is 5.58. The summed E-state index contributed by atoms with van der Waals surface area (Å²) < 4.78 is 0. The maximum absolute atomic E-state index is 11.2. The van der Waals surface area contributed by atoms with Gasteiger partial charge in [0, 0.05) is 25.4 Å². The highest BCUT2D eigenvalue weighted by molar-refractivity contribution is 7.99. The van der Waals surface area contributed by atoms with Gasteiger partial charge < -0.3 is 16.0 Å². The van der Waals surface area contributed by atoms with E-state index in [4.69, 9.17) is 5.73 Å². The average molecular weight is 228 g/mol. The van der Waals surface area contributed by atoms with Crippen LogP contribution in [-0.4, -0.2) is 51.5 Å². The largest absolute Gasteiger partial charge is 0.368 e. The lowest BCUT2D eigenvalue weighted by Crippen LogP contribution is -2.30. The van der Waals surface area contributed by atoms with Crippen molar-refractivity contribution in [3.8, 4) is 0 Å². The third-order valence-electron chi connectivity index (χ3n) is 2.02. The SMILES string of the molecule is Nc1nc(SCCN2CCNC2=O)n[nH]1. The number of aromatic nitrogens is 3. The van der Waals surface area contributed by atoms with Crippen molar-refractivity contribution in [1.82, 2.24) is 25.4 Å². The molecule has 1 aromatic heterocycles. The number of urea groups is 1. The van der Waals surface area contributed by atoms with Crippen LogP contribution in [0.3, 0.4) is 0 Å². The second-order valence-corrected chi connectivity index (χ2v) is 4.13. The van der Waals surface area contributed by atoms with E-state index >= 15 is 0 Å². The quantitative estimate of drug-likeness (QED) is 0.603. The van der Waals surface area contributed by atoms with Crippen LogP contribution < -0.4 is 11.1 Å². The Hall–Kier alpha value is -1.44. The van der Waals surface area contributed by atoms with Crippen molar-refractivity contribution in [2.75, 3.05) is 31.1 Å². The molecule has 0 spiro atoms. The van der Waals surface area contributed by atoms with Crippen LogP contribution >= 0.6 is 11.8 Å². The molecule has 1 aliphatic heterocycles. The van der Waals surface area contributed by atoms with E-state index in [1.165, 1.54) is 11.8 Å². The van der Waals surface area contributed by atoms with Crippen LogP contribution in [0.2, 0.25) is 0 Å². The van der Waals surface area contributed by atoms with Gasteiger partial charge in [-0.2, -0.15) is 4.98 Å². The maximum atomic E-state index is 11.2. The predicted octanol–water partition coefficient (Wildman–Crippen LogP) is -0.496. The van der Waals surface area contributed by atoms with E-state index < -0.39 is 0 Å². The Morgan fingerprint density at radius 1 is 1.60 bits per heavy atom. The van der Waals surface area contributed by atoms with Crippen molar-refractivity contribution < 1.29 is 4.79 Å². The van der Waals surface area contributed by atoms with E-state index in [1.54, 1.807) is 4.90 Å². The van der Waals surface area contributed by atoms with E-state index in [9.17, 15) is 4.79 Å². The highest BCUT2D eigenvalue weighted by atomic mass is 32.2. The highest BCUT2D eigenvalue weighted by Gasteiger charge is 2.18. The molecule has 2 rings (SSSR count). The molecule has 1 aromatic rings. The molecule has 0 aliphatic carbocycles. The van der Waals surface area contributed by atoms with Gasteiger partial charge in [0.25, 0.3) is 0 Å². The fourth-order valence-electron chi connectivity index (χ4n) is 1.29. The number of nitrogens with two attached hydrogens (primary N) is 1. The molecule has 0 saturated carbocycles. The zero-order valence-electron chi connectivity index (χ0n) is 8.06. The number of H-pyrrole nitrogens is 1. The summed E-state index contributed by atoms with van der Waals surface area (Å²) in [6.07, 6.45) is 0. The highest BCUT2D eigenvalue weighted by Crippen LogP contribution is 2.13. The molecule has 0 bridgehead atoms. The zero-order chi connectivity index (χ0) is 10.7. The fourth-order valence-corrected chi connectivity index (χ4v) is 2.06. The summed E-state index contributed by atoms with van der Waals surface area (Å²) >= 11 is 1.47. The Kier molecular flexibility index (Phi) is 2.95. The molecular formula is C7H12N6OS. The van der Waals surface area contributed by atoms with E-state index in [2.05, 4.69) is 20.5 Å². The van der Waals surface area contributed by atoms with Gasteiger partial charge >= 0.3 is 6.03 Å². The number of nitrogens with one attached hydrogen (secondary N) is 2. The Balaban J connectivity index is 1.73. The second-order valence-electron chi connectivity index (χ2n) is 3.07. The molecule has 0 aromatic carbocycles. The standard InChI is InChI=1S/C7H12N6OS/c8-5-10-6(12-11-5)15-4-3-13-2-1-9-7(13)14/h1-4H2,(H,9,14)(H3,8,10,11,12). The Morgan fingerprint density at radius 2 is 2.47 bits per heavy atom. The Bertz CT molecular complexity index is 353. The number of hydrogen-bond acceptors (Lipinski definition) is 5. The minimum Gasteiger partial charge on any atom is -0.368 e. The summed E-state index contributed by atoms with van der Waals surface area (Å²) in [7, 11) is 0. The third-order valence-corrected chi connectivity index (χ3v) is 2.85. The molecule has 2 heterocycles. The normalized spacial score (nSPS) is 15.7. The van der Waals surface area contributed by atoms with Crippen molar-refractivity contribution in [3.63, 3.8) is 0 Å². The summed E-state index contributed by atoms with van der Waals surface area (Å²) in [5, 5.41) is 9.80. The molecule has 0 radical (unpaired) electrons. The third kappa shape index (κ3) is 2.52. The first-order valence-electron chi connectivity index (χ1n) is 4.59. The number of amides is 2. The molecule has 7 nitrogen and oxygen atoms in total. The van der Waals surface area contributed by atoms with Crippen LogP contribution in [0.15, 0.2) is 5.16 Å². The zero-order valence-corrected chi connectivity index (χ0v) is 8.88. The van der Waals surface area contributed by atoms with Gasteiger partial charge in [-0.15, -0.1) is 5.10 Å². The summed E-state index contributed by atoms with van der Waals surface area (Å²) in [4.78, 5) is 16.9. The molecule has 2 amide bonds. The number of rotatable bonds is 4. The topological polar surface area (TPSA) is 99.9 Å². The van der Waals surface area contributed by atoms with Gasteiger partial charge in [0.05, 0.1) is 0 Å². The molecule has 15 heavy (non-hydrogen) atoms. The summed E-state index contributed by atoms with van der Waals surface area (Å²) in [5.74, 6) is 1.08. The van der Waals surface area contributed by atoms with Gasteiger partial charge in [0.1, 0.15) is 0 Å². The number of nitrogen functional groups attached to an aromatic ring is 1. The molecule has 82 valence electrons. The summed E-state index contributed by atoms with van der Waals surface area (Å²) in [6.45, 7) is 2.21. The number of hydrogen-bond donors (Lipinski definition) is 3. The van der Waals surface area contributed by atoms with Crippen molar-refractivity contribution in [1.29, 1.82) is 0 Å².